The van der Waals surface area contributed by atoms with Crippen LogP contribution in [0.1, 0.15) is 37.7 Å². The molecule has 1 aliphatic heterocycles. The van der Waals surface area contributed by atoms with E-state index in [-0.39, 0.29) is 12.5 Å². The second-order valence-electron chi connectivity index (χ2n) is 6.06. The number of halogens is 1. The molecule has 0 aromatic heterocycles. The highest BCUT2D eigenvalue weighted by Crippen LogP contribution is 2.45. The molecule has 0 atom stereocenters. The zero-order valence-corrected chi connectivity index (χ0v) is 13.5. The molecule has 1 saturated heterocycles. The maximum absolute atomic E-state index is 12.5. The molecule has 122 valence electrons. The molecular weight excluding hydrogens is 318 g/mol. The van der Waals surface area contributed by atoms with Crippen molar-refractivity contribution < 1.29 is 19.1 Å². The van der Waals surface area contributed by atoms with E-state index >= 15 is 0 Å². The summed E-state index contributed by atoms with van der Waals surface area (Å²) in [7, 11) is 0. The van der Waals surface area contributed by atoms with E-state index in [4.69, 9.17) is 16.3 Å². The molecule has 2 fully saturated rings. The van der Waals surface area contributed by atoms with E-state index < -0.39 is 17.3 Å². The SMILES string of the molecule is O=C1CCCN1C(=O)COC(=O)C1(c2ccc(Cl)cc2)CCC1. The van der Waals surface area contributed by atoms with Crippen molar-refractivity contribution in [1.82, 2.24) is 4.90 Å². The molecule has 2 amide bonds. The van der Waals surface area contributed by atoms with Gasteiger partial charge in [-0.1, -0.05) is 30.2 Å². The number of carbonyl (C=O) groups excluding carboxylic acids is 3. The van der Waals surface area contributed by atoms with Crippen LogP contribution >= 0.6 is 11.6 Å². The lowest BCUT2D eigenvalue weighted by Gasteiger charge is -2.39. The first-order chi connectivity index (χ1) is 11.0. The first-order valence-electron chi connectivity index (χ1n) is 7.79. The average Bonchev–Trinajstić information content (AvgIpc) is 2.92. The monoisotopic (exact) mass is 335 g/mol. The predicted octanol–water partition coefficient (Wildman–Crippen LogP) is 2.45. The van der Waals surface area contributed by atoms with E-state index in [9.17, 15) is 14.4 Å². The second kappa shape index (κ2) is 6.32. The van der Waals surface area contributed by atoms with Gasteiger partial charge in [-0.2, -0.15) is 0 Å². The predicted molar refractivity (Wildman–Crippen MR) is 83.9 cm³/mol. The summed E-state index contributed by atoms with van der Waals surface area (Å²) in [6.07, 6.45) is 3.40. The van der Waals surface area contributed by atoms with Crippen LogP contribution < -0.4 is 0 Å². The fraction of sp³-hybridized carbons (Fsp3) is 0.471. The molecule has 2 aliphatic rings. The average molecular weight is 336 g/mol. The smallest absolute Gasteiger partial charge is 0.317 e. The van der Waals surface area contributed by atoms with Crippen LogP contribution in [0.2, 0.25) is 5.02 Å². The number of esters is 1. The van der Waals surface area contributed by atoms with E-state index in [1.807, 2.05) is 12.1 Å². The standard InChI is InChI=1S/C17H18ClNO4/c18-13-6-4-12(5-7-13)17(8-2-9-17)16(22)23-11-15(21)19-10-1-3-14(19)20/h4-7H,1-3,8-11H2. The first-order valence-corrected chi connectivity index (χ1v) is 8.17. The number of hydrogen-bond acceptors (Lipinski definition) is 4. The fourth-order valence-corrected chi connectivity index (χ4v) is 3.29. The minimum Gasteiger partial charge on any atom is -0.455 e. The molecule has 1 aromatic rings. The Balaban J connectivity index is 1.65. The van der Waals surface area contributed by atoms with Crippen LogP contribution in [0.15, 0.2) is 24.3 Å². The van der Waals surface area contributed by atoms with E-state index in [0.717, 1.165) is 12.0 Å². The highest BCUT2D eigenvalue weighted by Gasteiger charge is 2.47. The number of imide groups is 1. The van der Waals surface area contributed by atoms with Gasteiger partial charge in [0, 0.05) is 18.0 Å². The maximum Gasteiger partial charge on any atom is 0.317 e. The second-order valence-corrected chi connectivity index (χ2v) is 6.50. The minimum absolute atomic E-state index is 0.192. The van der Waals surface area contributed by atoms with Gasteiger partial charge in [0.1, 0.15) is 0 Å². The van der Waals surface area contributed by atoms with Gasteiger partial charge in [-0.05, 0) is 37.0 Å². The lowest BCUT2D eigenvalue weighted by Crippen LogP contribution is -2.45. The van der Waals surface area contributed by atoms with Crippen LogP contribution in [0.5, 0.6) is 0 Å². The number of likely N-dealkylation sites (tertiary alicyclic amines) is 1. The van der Waals surface area contributed by atoms with Crippen molar-refractivity contribution >= 4 is 29.4 Å². The molecule has 6 heteroatoms. The van der Waals surface area contributed by atoms with Gasteiger partial charge in [0.05, 0.1) is 5.41 Å². The molecule has 0 N–H and O–H groups in total. The Labute approximate surface area is 139 Å². The van der Waals surface area contributed by atoms with Gasteiger partial charge in [0.25, 0.3) is 5.91 Å². The zero-order valence-electron chi connectivity index (χ0n) is 12.7. The Hall–Kier alpha value is -1.88. The van der Waals surface area contributed by atoms with Crippen molar-refractivity contribution in [3.8, 4) is 0 Å². The molecule has 0 spiro atoms. The number of carbonyl (C=O) groups is 3. The van der Waals surface area contributed by atoms with Crippen molar-refractivity contribution in [1.29, 1.82) is 0 Å². The summed E-state index contributed by atoms with van der Waals surface area (Å²) in [4.78, 5) is 37.2. The molecule has 1 aliphatic carbocycles. The van der Waals surface area contributed by atoms with E-state index in [1.54, 1.807) is 12.1 Å². The lowest BCUT2D eigenvalue weighted by atomic mass is 9.64. The normalized spacial score (nSPS) is 19.3. The number of amides is 2. The Morgan fingerprint density at radius 2 is 1.87 bits per heavy atom. The van der Waals surface area contributed by atoms with Crippen LogP contribution in [-0.4, -0.2) is 35.8 Å². The molecule has 1 heterocycles. The minimum atomic E-state index is -0.681. The number of ether oxygens (including phenoxy) is 1. The van der Waals surface area contributed by atoms with Crippen LogP contribution in [0.3, 0.4) is 0 Å². The Morgan fingerprint density at radius 1 is 1.17 bits per heavy atom. The maximum atomic E-state index is 12.5. The zero-order chi connectivity index (χ0) is 16.4. The topological polar surface area (TPSA) is 63.7 Å². The number of benzene rings is 1. The highest BCUT2D eigenvalue weighted by atomic mass is 35.5. The first kappa shape index (κ1) is 16.0. The van der Waals surface area contributed by atoms with E-state index in [1.165, 1.54) is 4.90 Å². The van der Waals surface area contributed by atoms with Crippen molar-refractivity contribution in [2.45, 2.75) is 37.5 Å². The molecule has 0 radical (unpaired) electrons. The van der Waals surface area contributed by atoms with Gasteiger partial charge < -0.3 is 4.74 Å². The summed E-state index contributed by atoms with van der Waals surface area (Å²) in [6, 6.07) is 7.15. The summed E-state index contributed by atoms with van der Waals surface area (Å²) in [5.41, 5.74) is 0.183. The van der Waals surface area contributed by atoms with Crippen LogP contribution in [0, 0.1) is 0 Å². The largest absolute Gasteiger partial charge is 0.455 e. The third-order valence-electron chi connectivity index (χ3n) is 4.70. The number of nitrogens with zero attached hydrogens (tertiary/aromatic N) is 1. The number of rotatable bonds is 4. The molecule has 1 saturated carbocycles. The Bertz CT molecular complexity index is 636. The lowest BCUT2D eigenvalue weighted by molar-refractivity contribution is -0.161. The van der Waals surface area contributed by atoms with Crippen molar-refractivity contribution in [2.24, 2.45) is 0 Å². The Kier molecular flexibility index (Phi) is 4.39. The van der Waals surface area contributed by atoms with E-state index in [2.05, 4.69) is 0 Å². The molecule has 0 bridgehead atoms. The third-order valence-corrected chi connectivity index (χ3v) is 4.95. The third kappa shape index (κ3) is 2.98. The highest BCUT2D eigenvalue weighted by molar-refractivity contribution is 6.30. The van der Waals surface area contributed by atoms with Crippen LogP contribution in [0.4, 0.5) is 0 Å². The Morgan fingerprint density at radius 3 is 2.39 bits per heavy atom. The van der Waals surface area contributed by atoms with Gasteiger partial charge in [-0.3, -0.25) is 19.3 Å². The summed E-state index contributed by atoms with van der Waals surface area (Å²) in [6.45, 7) is 0.0391. The number of hydrogen-bond donors (Lipinski definition) is 0. The van der Waals surface area contributed by atoms with Crippen LogP contribution in [-0.2, 0) is 24.5 Å². The summed E-state index contributed by atoms with van der Waals surface area (Å²) in [5.74, 6) is -1.03. The van der Waals surface area contributed by atoms with Gasteiger partial charge in [-0.25, -0.2) is 0 Å². The molecule has 23 heavy (non-hydrogen) atoms. The quantitative estimate of drug-likeness (QED) is 0.793. The van der Waals surface area contributed by atoms with Crippen molar-refractivity contribution in [2.75, 3.05) is 13.2 Å². The summed E-state index contributed by atoms with van der Waals surface area (Å²) < 4.78 is 5.24. The van der Waals surface area contributed by atoms with E-state index in [0.29, 0.717) is 37.3 Å². The molecule has 3 rings (SSSR count). The van der Waals surface area contributed by atoms with Gasteiger partial charge in [-0.15, -0.1) is 0 Å². The molecule has 1 aromatic carbocycles. The summed E-state index contributed by atoms with van der Waals surface area (Å²) >= 11 is 5.89. The molecule has 5 nitrogen and oxygen atoms in total. The van der Waals surface area contributed by atoms with Crippen molar-refractivity contribution in [3.05, 3.63) is 34.9 Å². The van der Waals surface area contributed by atoms with Gasteiger partial charge in [0.2, 0.25) is 5.91 Å². The van der Waals surface area contributed by atoms with Gasteiger partial charge >= 0.3 is 5.97 Å². The molecule has 0 unspecified atom stereocenters. The fourth-order valence-electron chi connectivity index (χ4n) is 3.17. The van der Waals surface area contributed by atoms with Gasteiger partial charge in [0.15, 0.2) is 6.61 Å². The van der Waals surface area contributed by atoms with Crippen LogP contribution in [0.25, 0.3) is 0 Å². The summed E-state index contributed by atoms with van der Waals surface area (Å²) in [5, 5.41) is 0.610. The van der Waals surface area contributed by atoms with Crippen molar-refractivity contribution in [3.63, 3.8) is 0 Å². The molecular formula is C17H18ClNO4.